The molecule has 1 aliphatic carbocycles. The Labute approximate surface area is 189 Å². The Morgan fingerprint density at radius 3 is 2.68 bits per heavy atom. The number of thiazole rings is 1. The maximum atomic E-state index is 13.8. The van der Waals surface area contributed by atoms with Crippen molar-refractivity contribution in [2.45, 2.75) is 70.6 Å². The van der Waals surface area contributed by atoms with Gasteiger partial charge in [0.1, 0.15) is 5.75 Å². The summed E-state index contributed by atoms with van der Waals surface area (Å²) in [7, 11) is 0. The zero-order valence-corrected chi connectivity index (χ0v) is 19.4. The van der Waals surface area contributed by atoms with Gasteiger partial charge in [0, 0.05) is 49.7 Å². The van der Waals surface area contributed by atoms with E-state index in [-0.39, 0.29) is 17.4 Å². The summed E-state index contributed by atoms with van der Waals surface area (Å²) in [6, 6.07) is 8.89. The first-order valence-electron chi connectivity index (χ1n) is 11.7. The van der Waals surface area contributed by atoms with Crippen molar-refractivity contribution >= 4 is 17.2 Å². The number of carbonyl (C=O) groups is 1. The number of rotatable bonds is 6. The molecular weight excluding hydrogens is 406 g/mol. The Bertz CT molecular complexity index is 892. The molecule has 166 valence electrons. The van der Waals surface area contributed by atoms with E-state index in [1.807, 2.05) is 25.4 Å². The van der Waals surface area contributed by atoms with Gasteiger partial charge in [-0.05, 0) is 50.8 Å². The lowest BCUT2D eigenvalue weighted by Gasteiger charge is -2.30. The van der Waals surface area contributed by atoms with E-state index in [9.17, 15) is 4.79 Å². The summed E-state index contributed by atoms with van der Waals surface area (Å²) in [4.78, 5) is 23.2. The second-order valence-electron chi connectivity index (χ2n) is 9.75. The predicted molar refractivity (Wildman–Crippen MR) is 123 cm³/mol. The zero-order chi connectivity index (χ0) is 21.4. The van der Waals surface area contributed by atoms with Crippen molar-refractivity contribution in [3.8, 4) is 5.75 Å². The van der Waals surface area contributed by atoms with Crippen LogP contribution in [0.15, 0.2) is 35.8 Å². The van der Waals surface area contributed by atoms with Gasteiger partial charge in [0.05, 0.1) is 16.5 Å². The molecule has 31 heavy (non-hydrogen) atoms. The van der Waals surface area contributed by atoms with Crippen LogP contribution >= 0.6 is 11.3 Å². The number of hydrogen-bond donors (Lipinski definition) is 0. The fourth-order valence-electron chi connectivity index (χ4n) is 5.90. The molecule has 3 heterocycles. The average Bonchev–Trinajstić information content (AvgIpc) is 3.53. The summed E-state index contributed by atoms with van der Waals surface area (Å²) < 4.78 is 5.79. The van der Waals surface area contributed by atoms with Gasteiger partial charge in [-0.3, -0.25) is 9.69 Å². The van der Waals surface area contributed by atoms with E-state index in [4.69, 9.17) is 4.74 Å². The van der Waals surface area contributed by atoms with Gasteiger partial charge in [-0.25, -0.2) is 4.98 Å². The first kappa shape index (κ1) is 21.0. The molecule has 2 saturated heterocycles. The predicted octanol–water partition coefficient (Wildman–Crippen LogP) is 4.69. The van der Waals surface area contributed by atoms with E-state index in [0.717, 1.165) is 43.4 Å². The molecular formula is C25H33N3O2S. The van der Waals surface area contributed by atoms with Crippen molar-refractivity contribution < 1.29 is 9.53 Å². The Morgan fingerprint density at radius 1 is 1.23 bits per heavy atom. The van der Waals surface area contributed by atoms with Crippen LogP contribution in [0.2, 0.25) is 0 Å². The normalized spacial score (nSPS) is 27.3. The highest BCUT2D eigenvalue weighted by molar-refractivity contribution is 7.09. The topological polar surface area (TPSA) is 45.7 Å². The molecule has 2 atom stereocenters. The van der Waals surface area contributed by atoms with Crippen molar-refractivity contribution in [1.82, 2.24) is 14.8 Å². The van der Waals surface area contributed by atoms with Crippen molar-refractivity contribution in [2.24, 2.45) is 5.41 Å². The minimum absolute atomic E-state index is 0.180. The highest BCUT2D eigenvalue weighted by Crippen LogP contribution is 2.51. The van der Waals surface area contributed by atoms with Gasteiger partial charge in [0.15, 0.2) is 0 Å². The van der Waals surface area contributed by atoms with E-state index in [0.29, 0.717) is 11.9 Å². The molecule has 1 amide bonds. The van der Waals surface area contributed by atoms with Crippen molar-refractivity contribution in [2.75, 3.05) is 19.6 Å². The second kappa shape index (κ2) is 8.55. The first-order valence-corrected chi connectivity index (χ1v) is 12.6. The van der Waals surface area contributed by atoms with E-state index in [2.05, 4.69) is 39.0 Å². The van der Waals surface area contributed by atoms with Crippen LogP contribution < -0.4 is 4.74 Å². The molecule has 6 heteroatoms. The van der Waals surface area contributed by atoms with Crippen LogP contribution in [0.5, 0.6) is 5.75 Å². The molecule has 0 N–H and O–H groups in total. The van der Waals surface area contributed by atoms with Crippen LogP contribution in [0.4, 0.5) is 0 Å². The minimum atomic E-state index is -0.304. The van der Waals surface area contributed by atoms with Crippen LogP contribution in [0.3, 0.4) is 0 Å². The van der Waals surface area contributed by atoms with E-state index < -0.39 is 0 Å². The summed E-state index contributed by atoms with van der Waals surface area (Å²) in [5.41, 5.74) is 0.963. The molecule has 1 spiro atoms. The van der Waals surface area contributed by atoms with Crippen molar-refractivity contribution in [1.29, 1.82) is 0 Å². The zero-order valence-electron chi connectivity index (χ0n) is 18.6. The summed E-state index contributed by atoms with van der Waals surface area (Å²) >= 11 is 1.71. The number of hydrogen-bond acceptors (Lipinski definition) is 5. The van der Waals surface area contributed by atoms with E-state index >= 15 is 0 Å². The summed E-state index contributed by atoms with van der Waals surface area (Å²) in [6.07, 6.45) is 7.91. The van der Waals surface area contributed by atoms with Gasteiger partial charge < -0.3 is 9.64 Å². The monoisotopic (exact) mass is 439 g/mol. The third-order valence-electron chi connectivity index (χ3n) is 7.32. The number of carbonyl (C=O) groups excluding carboxylic acids is 1. The molecule has 0 radical (unpaired) electrons. The van der Waals surface area contributed by atoms with Gasteiger partial charge in [-0.2, -0.15) is 0 Å². The molecule has 5 nitrogen and oxygen atoms in total. The fourth-order valence-corrected chi connectivity index (χ4v) is 6.75. The van der Waals surface area contributed by atoms with Crippen molar-refractivity contribution in [3.63, 3.8) is 0 Å². The van der Waals surface area contributed by atoms with Crippen LogP contribution in [0.25, 0.3) is 0 Å². The first-order chi connectivity index (χ1) is 15.0. The van der Waals surface area contributed by atoms with Crippen LogP contribution in [0.1, 0.15) is 62.4 Å². The largest absolute Gasteiger partial charge is 0.491 e. The maximum Gasteiger partial charge on any atom is 0.231 e. The van der Waals surface area contributed by atoms with Gasteiger partial charge in [0.25, 0.3) is 0 Å². The number of benzene rings is 1. The Morgan fingerprint density at radius 2 is 2.00 bits per heavy atom. The quantitative estimate of drug-likeness (QED) is 0.655. The van der Waals surface area contributed by atoms with Gasteiger partial charge in [-0.1, -0.05) is 25.0 Å². The molecule has 5 rings (SSSR count). The number of nitrogens with zero attached hydrogens (tertiary/aromatic N) is 3. The third kappa shape index (κ3) is 4.00. The number of likely N-dealkylation sites (tertiary alicyclic amines) is 2. The summed E-state index contributed by atoms with van der Waals surface area (Å²) in [5, 5.41) is 3.18. The Kier molecular flexibility index (Phi) is 5.78. The van der Waals surface area contributed by atoms with E-state index in [1.165, 1.54) is 31.2 Å². The Hall–Kier alpha value is -1.92. The molecule has 3 fully saturated rings. The summed E-state index contributed by atoms with van der Waals surface area (Å²) in [5.74, 6) is 1.51. The number of amides is 1. The number of aromatic nitrogens is 1. The smallest absolute Gasteiger partial charge is 0.231 e. The Balaban J connectivity index is 1.35. The van der Waals surface area contributed by atoms with Gasteiger partial charge >= 0.3 is 0 Å². The molecule has 0 bridgehead atoms. The second-order valence-corrected chi connectivity index (χ2v) is 10.7. The highest BCUT2D eigenvalue weighted by Gasteiger charge is 2.58. The van der Waals surface area contributed by atoms with Gasteiger partial charge in [-0.15, -0.1) is 11.3 Å². The fraction of sp³-hybridized carbons (Fsp3) is 0.600. The maximum absolute atomic E-state index is 13.8. The molecule has 2 unspecified atom stereocenters. The van der Waals surface area contributed by atoms with E-state index in [1.54, 1.807) is 11.3 Å². The standard InChI is InChI=1S/C25H33N3O2S/c1-18(2)30-21-9-7-19(8-10-21)15-27-16-22(23-26-12-14-31-23)25(17-27)11-13-28(24(25)29)20-5-3-4-6-20/h7-10,12,14,18,20,22H,3-6,11,13,15-17H2,1-2H3. The molecule has 2 aliphatic heterocycles. The van der Waals surface area contributed by atoms with Gasteiger partial charge in [0.2, 0.25) is 5.91 Å². The highest BCUT2D eigenvalue weighted by atomic mass is 32.1. The number of ether oxygens (including phenoxy) is 1. The molecule has 1 saturated carbocycles. The van der Waals surface area contributed by atoms with Crippen LogP contribution in [-0.4, -0.2) is 52.5 Å². The average molecular weight is 440 g/mol. The lowest BCUT2D eigenvalue weighted by molar-refractivity contribution is -0.138. The SMILES string of the molecule is CC(C)Oc1ccc(CN2CC(c3nccs3)C3(CCN(C4CCCC4)C3=O)C2)cc1. The molecule has 1 aromatic carbocycles. The summed E-state index contributed by atoms with van der Waals surface area (Å²) in [6.45, 7) is 7.61. The van der Waals surface area contributed by atoms with Crippen LogP contribution in [0, 0.1) is 5.41 Å². The third-order valence-corrected chi connectivity index (χ3v) is 8.20. The molecule has 3 aliphatic rings. The minimum Gasteiger partial charge on any atom is -0.491 e. The molecule has 1 aromatic heterocycles. The lowest BCUT2D eigenvalue weighted by Crippen LogP contribution is -2.43. The lowest BCUT2D eigenvalue weighted by atomic mass is 9.77. The van der Waals surface area contributed by atoms with Crippen LogP contribution in [-0.2, 0) is 11.3 Å². The van der Waals surface area contributed by atoms with Crippen molar-refractivity contribution in [3.05, 3.63) is 46.4 Å². The molecule has 2 aromatic rings.